The first-order valence-electron chi connectivity index (χ1n) is 5.15. The van der Waals surface area contributed by atoms with Crippen molar-refractivity contribution in [2.45, 2.75) is 42.3 Å². The summed E-state index contributed by atoms with van der Waals surface area (Å²) in [4.78, 5) is 25.6. The van der Waals surface area contributed by atoms with E-state index in [0.29, 0.717) is 6.54 Å². The summed E-state index contributed by atoms with van der Waals surface area (Å²) in [7, 11) is 0. The van der Waals surface area contributed by atoms with Gasteiger partial charge < -0.3 is 9.64 Å². The Balaban J connectivity index is 2.32. The number of alkyl halides is 1. The van der Waals surface area contributed by atoms with Crippen LogP contribution in [-0.2, 0) is 14.3 Å². The first-order chi connectivity index (χ1) is 6.97. The van der Waals surface area contributed by atoms with Crippen LogP contribution in [0.15, 0.2) is 0 Å². The molecule has 2 aliphatic rings. The third-order valence-corrected chi connectivity index (χ3v) is 4.47. The molecule has 0 aromatic carbocycles. The highest BCUT2D eigenvalue weighted by Crippen LogP contribution is 2.34. The maximum absolute atomic E-state index is 12.2. The van der Waals surface area contributed by atoms with Crippen molar-refractivity contribution in [3.63, 3.8) is 0 Å². The Bertz CT molecular complexity index is 318. The maximum Gasteiger partial charge on any atom is 0.329 e. The van der Waals surface area contributed by atoms with Gasteiger partial charge in [-0.25, -0.2) is 4.79 Å². The molecule has 0 aromatic heterocycles. The summed E-state index contributed by atoms with van der Waals surface area (Å²) in [5.41, 5.74) is -0.974. The van der Waals surface area contributed by atoms with Crippen LogP contribution in [0.3, 0.4) is 0 Å². The number of carbonyl (C=O) groups excluding carboxylic acids is 2. The lowest BCUT2D eigenvalue weighted by atomic mass is 9.98. The van der Waals surface area contributed by atoms with E-state index in [0.717, 1.165) is 12.8 Å². The molecular formula is C10H14INO3. The van der Waals surface area contributed by atoms with E-state index in [1.54, 1.807) is 11.8 Å². The molecule has 0 bridgehead atoms. The van der Waals surface area contributed by atoms with E-state index in [1.807, 2.05) is 6.92 Å². The highest BCUT2D eigenvalue weighted by Gasteiger charge is 2.53. The minimum Gasteiger partial charge on any atom is -0.447 e. The SMILES string of the molecule is C[C@@H](I)[C@]1(C)OC(=O)[C@H]2CCCN2C1=O. The third kappa shape index (κ3) is 1.55. The summed E-state index contributed by atoms with van der Waals surface area (Å²) >= 11 is 2.13. The van der Waals surface area contributed by atoms with E-state index in [9.17, 15) is 9.59 Å². The van der Waals surface area contributed by atoms with E-state index >= 15 is 0 Å². The molecular weight excluding hydrogens is 309 g/mol. The van der Waals surface area contributed by atoms with Crippen molar-refractivity contribution in [2.24, 2.45) is 0 Å². The van der Waals surface area contributed by atoms with Crippen LogP contribution < -0.4 is 0 Å². The summed E-state index contributed by atoms with van der Waals surface area (Å²) in [6.45, 7) is 4.29. The van der Waals surface area contributed by atoms with Crippen LogP contribution in [0.1, 0.15) is 26.7 Å². The normalized spacial score (nSPS) is 37.5. The molecule has 4 nitrogen and oxygen atoms in total. The maximum atomic E-state index is 12.2. The summed E-state index contributed by atoms with van der Waals surface area (Å²) < 4.78 is 5.30. The van der Waals surface area contributed by atoms with Gasteiger partial charge in [0.1, 0.15) is 6.04 Å². The van der Waals surface area contributed by atoms with Crippen molar-refractivity contribution in [3.05, 3.63) is 0 Å². The van der Waals surface area contributed by atoms with Crippen molar-refractivity contribution in [1.82, 2.24) is 4.90 Å². The molecule has 0 saturated carbocycles. The second-order valence-electron chi connectivity index (χ2n) is 4.30. The minimum absolute atomic E-state index is 0.0203. The van der Waals surface area contributed by atoms with Crippen molar-refractivity contribution >= 4 is 34.5 Å². The molecule has 2 aliphatic heterocycles. The van der Waals surface area contributed by atoms with Crippen molar-refractivity contribution < 1.29 is 14.3 Å². The number of cyclic esters (lactones) is 1. The van der Waals surface area contributed by atoms with Crippen LogP contribution in [-0.4, -0.2) is 38.9 Å². The largest absolute Gasteiger partial charge is 0.447 e. The van der Waals surface area contributed by atoms with E-state index < -0.39 is 5.60 Å². The molecule has 0 aromatic rings. The topological polar surface area (TPSA) is 46.6 Å². The first-order valence-corrected chi connectivity index (χ1v) is 6.39. The molecule has 0 aliphatic carbocycles. The Morgan fingerprint density at radius 1 is 1.60 bits per heavy atom. The van der Waals surface area contributed by atoms with E-state index in [2.05, 4.69) is 22.6 Å². The van der Waals surface area contributed by atoms with Gasteiger partial charge in [0.2, 0.25) is 0 Å². The van der Waals surface area contributed by atoms with Gasteiger partial charge in [-0.1, -0.05) is 22.6 Å². The number of ether oxygens (including phenoxy) is 1. The van der Waals surface area contributed by atoms with Gasteiger partial charge in [-0.15, -0.1) is 0 Å². The highest BCUT2D eigenvalue weighted by atomic mass is 127. The molecule has 3 atom stereocenters. The number of halogens is 1. The number of morpholine rings is 1. The van der Waals surface area contributed by atoms with E-state index in [4.69, 9.17) is 4.74 Å². The number of nitrogens with zero attached hydrogens (tertiary/aromatic N) is 1. The first kappa shape index (κ1) is 11.2. The van der Waals surface area contributed by atoms with Crippen molar-refractivity contribution in [3.8, 4) is 0 Å². The number of esters is 1. The number of rotatable bonds is 1. The summed E-state index contributed by atoms with van der Waals surface area (Å²) in [6, 6.07) is -0.319. The Morgan fingerprint density at radius 3 is 2.87 bits per heavy atom. The predicted octanol–water partition coefficient (Wildman–Crippen LogP) is 1.12. The van der Waals surface area contributed by atoms with E-state index in [1.165, 1.54) is 0 Å². The Morgan fingerprint density at radius 2 is 2.27 bits per heavy atom. The van der Waals surface area contributed by atoms with E-state index in [-0.39, 0.29) is 21.8 Å². The lowest BCUT2D eigenvalue weighted by Gasteiger charge is -2.41. The van der Waals surface area contributed by atoms with Crippen molar-refractivity contribution in [2.75, 3.05) is 6.54 Å². The fourth-order valence-electron chi connectivity index (χ4n) is 2.11. The minimum atomic E-state index is -0.974. The molecule has 2 heterocycles. The Labute approximate surface area is 102 Å². The molecule has 0 spiro atoms. The van der Waals surface area contributed by atoms with Crippen molar-refractivity contribution in [1.29, 1.82) is 0 Å². The molecule has 0 N–H and O–H groups in total. The van der Waals surface area contributed by atoms with Gasteiger partial charge in [-0.3, -0.25) is 4.79 Å². The van der Waals surface area contributed by atoms with Crippen LogP contribution in [0, 0.1) is 0 Å². The molecule has 2 fully saturated rings. The average Bonchev–Trinajstić information content (AvgIpc) is 2.62. The number of hydrogen-bond donors (Lipinski definition) is 0. The quantitative estimate of drug-likeness (QED) is 0.413. The van der Waals surface area contributed by atoms with Gasteiger partial charge in [0, 0.05) is 6.54 Å². The lowest BCUT2D eigenvalue weighted by Crippen LogP contribution is -2.62. The monoisotopic (exact) mass is 323 g/mol. The summed E-state index contributed by atoms with van der Waals surface area (Å²) in [5.74, 6) is -0.274. The number of amides is 1. The second-order valence-corrected chi connectivity index (χ2v) is 6.17. The fraction of sp³-hybridized carbons (Fsp3) is 0.800. The molecule has 2 saturated heterocycles. The molecule has 2 rings (SSSR count). The van der Waals surface area contributed by atoms with Gasteiger partial charge in [0.25, 0.3) is 5.91 Å². The molecule has 0 radical (unpaired) electrons. The van der Waals surface area contributed by atoms with Crippen LogP contribution in [0.2, 0.25) is 0 Å². The number of hydrogen-bond acceptors (Lipinski definition) is 3. The summed E-state index contributed by atoms with van der Waals surface area (Å²) in [5, 5.41) is 0. The van der Waals surface area contributed by atoms with Crippen LogP contribution in [0.25, 0.3) is 0 Å². The Kier molecular flexibility index (Phi) is 2.68. The van der Waals surface area contributed by atoms with Crippen LogP contribution >= 0.6 is 22.6 Å². The molecule has 1 amide bonds. The van der Waals surface area contributed by atoms with Gasteiger partial charge in [0.15, 0.2) is 5.60 Å². The smallest absolute Gasteiger partial charge is 0.329 e. The van der Waals surface area contributed by atoms with Gasteiger partial charge >= 0.3 is 5.97 Å². The molecule has 84 valence electrons. The second kappa shape index (κ2) is 3.61. The predicted molar refractivity (Wildman–Crippen MR) is 62.7 cm³/mol. The number of carbonyl (C=O) groups is 2. The zero-order chi connectivity index (χ0) is 11.2. The molecule has 15 heavy (non-hydrogen) atoms. The van der Waals surface area contributed by atoms with Gasteiger partial charge in [-0.2, -0.15) is 0 Å². The zero-order valence-corrected chi connectivity index (χ0v) is 11.0. The Hall–Kier alpha value is -0.330. The number of fused-ring (bicyclic) bond motifs is 1. The van der Waals surface area contributed by atoms with Crippen LogP contribution in [0.5, 0.6) is 0 Å². The third-order valence-electron chi connectivity index (χ3n) is 3.28. The molecule has 0 unspecified atom stereocenters. The molecule has 5 heteroatoms. The fourth-order valence-corrected chi connectivity index (χ4v) is 2.51. The standard InChI is InChI=1S/C10H14INO3/c1-6(11)10(2)9(14)12-5-3-4-7(12)8(13)15-10/h6-7H,3-5H2,1-2H3/t6-,7-,10+/m1/s1. The zero-order valence-electron chi connectivity index (χ0n) is 8.83. The summed E-state index contributed by atoms with van der Waals surface area (Å²) in [6.07, 6.45) is 1.65. The van der Waals surface area contributed by atoms with Gasteiger partial charge in [-0.05, 0) is 26.7 Å². The van der Waals surface area contributed by atoms with Gasteiger partial charge in [0.05, 0.1) is 3.92 Å². The average molecular weight is 323 g/mol. The van der Waals surface area contributed by atoms with Crippen LogP contribution in [0.4, 0.5) is 0 Å². The highest BCUT2D eigenvalue weighted by molar-refractivity contribution is 14.1. The lowest BCUT2D eigenvalue weighted by molar-refractivity contribution is -0.187.